The highest BCUT2D eigenvalue weighted by Crippen LogP contribution is 2.18. The molecule has 2 aromatic rings. The number of nitrogens with one attached hydrogen (secondary N) is 1. The van der Waals surface area contributed by atoms with Crippen LogP contribution in [0.2, 0.25) is 0 Å². The largest absolute Gasteiger partial charge is 0.334 e. The number of hydrogen-bond donors (Lipinski definition) is 1. The molecule has 1 N–H and O–H groups in total. The molecule has 1 aliphatic heterocycles. The van der Waals surface area contributed by atoms with Gasteiger partial charge in [-0.3, -0.25) is 9.69 Å². The van der Waals surface area contributed by atoms with Gasteiger partial charge in [0.25, 0.3) is 5.56 Å². The van der Waals surface area contributed by atoms with Crippen LogP contribution in [-0.2, 0) is 26.6 Å². The van der Waals surface area contributed by atoms with Crippen LogP contribution in [0, 0.1) is 6.92 Å². The summed E-state index contributed by atoms with van der Waals surface area (Å²) in [7, 11) is 2.02. The third kappa shape index (κ3) is 2.75. The molecule has 21 heavy (non-hydrogen) atoms. The number of rotatable bonds is 3. The van der Waals surface area contributed by atoms with Gasteiger partial charge in [0.05, 0.1) is 17.0 Å². The molecule has 0 aromatic carbocycles. The Morgan fingerprint density at radius 3 is 2.95 bits per heavy atom. The van der Waals surface area contributed by atoms with E-state index in [4.69, 9.17) is 0 Å². The van der Waals surface area contributed by atoms with E-state index in [1.54, 1.807) is 0 Å². The van der Waals surface area contributed by atoms with E-state index in [0.29, 0.717) is 11.7 Å². The number of thioether (sulfide) groups is 1. The van der Waals surface area contributed by atoms with Crippen LogP contribution < -0.4 is 5.56 Å². The molecule has 0 bridgehead atoms. The maximum absolute atomic E-state index is 12.2. The number of fused-ring (bicyclic) bond motifs is 1. The molecule has 7 heteroatoms. The fourth-order valence-corrected chi connectivity index (χ4v) is 3.01. The molecule has 1 aliphatic rings. The summed E-state index contributed by atoms with van der Waals surface area (Å²) in [5, 5.41) is 0.703. The van der Waals surface area contributed by atoms with E-state index in [1.165, 1.54) is 17.5 Å². The lowest BCUT2D eigenvalue weighted by Gasteiger charge is -2.27. The molecule has 0 aliphatic carbocycles. The fourth-order valence-electron chi connectivity index (χ4n) is 2.61. The topological polar surface area (TPSA) is 66.8 Å². The number of aromatic amines is 1. The minimum atomic E-state index is -0.00441. The molecule has 3 rings (SSSR count). The summed E-state index contributed by atoms with van der Waals surface area (Å²) in [5.74, 6) is 1.01. The molecule has 0 saturated carbocycles. The standard InChI is InChI=1S/C14H19N5OS/c1-9-15-6-10(18(9)2)7-19-5-4-12-11(8-19)13(20)17-14(16-12)21-3/h6H,4-5,7-8H2,1-3H3,(H,16,17,20). The lowest BCUT2D eigenvalue weighted by molar-refractivity contribution is 0.235. The average Bonchev–Trinajstić information content (AvgIpc) is 2.79. The molecule has 6 nitrogen and oxygen atoms in total. The Bertz CT molecular complexity index is 721. The fraction of sp³-hybridized carbons (Fsp3) is 0.500. The van der Waals surface area contributed by atoms with Crippen LogP contribution in [0.3, 0.4) is 0 Å². The van der Waals surface area contributed by atoms with Crippen LogP contribution in [0.5, 0.6) is 0 Å². The van der Waals surface area contributed by atoms with Gasteiger partial charge >= 0.3 is 0 Å². The van der Waals surface area contributed by atoms with E-state index >= 15 is 0 Å². The van der Waals surface area contributed by atoms with E-state index in [-0.39, 0.29) is 5.56 Å². The lowest BCUT2D eigenvalue weighted by Crippen LogP contribution is -2.35. The smallest absolute Gasteiger partial charge is 0.256 e. The third-order valence-corrected chi connectivity index (χ3v) is 4.60. The molecule has 0 radical (unpaired) electrons. The van der Waals surface area contributed by atoms with Crippen molar-refractivity contribution >= 4 is 11.8 Å². The second-order valence-electron chi connectivity index (χ2n) is 5.32. The first-order chi connectivity index (χ1) is 10.1. The van der Waals surface area contributed by atoms with Gasteiger partial charge in [-0.15, -0.1) is 0 Å². The summed E-state index contributed by atoms with van der Waals surface area (Å²) in [6, 6.07) is 0. The van der Waals surface area contributed by atoms with Crippen molar-refractivity contribution in [2.75, 3.05) is 12.8 Å². The highest BCUT2D eigenvalue weighted by atomic mass is 32.2. The normalized spacial score (nSPS) is 15.2. The molecule has 0 spiro atoms. The maximum atomic E-state index is 12.2. The number of imidazole rings is 1. The summed E-state index contributed by atoms with van der Waals surface area (Å²) in [6.45, 7) is 4.37. The zero-order valence-corrected chi connectivity index (χ0v) is 13.3. The number of aromatic nitrogens is 4. The number of aryl methyl sites for hydroxylation is 1. The van der Waals surface area contributed by atoms with Crippen molar-refractivity contribution in [3.05, 3.63) is 39.3 Å². The van der Waals surface area contributed by atoms with Crippen molar-refractivity contribution in [3.63, 3.8) is 0 Å². The van der Waals surface area contributed by atoms with Crippen LogP contribution >= 0.6 is 11.8 Å². The first-order valence-corrected chi connectivity index (χ1v) is 8.16. The molecule has 3 heterocycles. The van der Waals surface area contributed by atoms with Crippen molar-refractivity contribution in [1.82, 2.24) is 24.4 Å². The summed E-state index contributed by atoms with van der Waals surface area (Å²) in [4.78, 5) is 26.1. The van der Waals surface area contributed by atoms with Crippen molar-refractivity contribution in [3.8, 4) is 0 Å². The van der Waals surface area contributed by atoms with E-state index in [0.717, 1.165) is 36.6 Å². The van der Waals surface area contributed by atoms with Crippen molar-refractivity contribution in [2.45, 2.75) is 31.6 Å². The van der Waals surface area contributed by atoms with Gasteiger partial charge < -0.3 is 9.55 Å². The highest BCUT2D eigenvalue weighted by molar-refractivity contribution is 7.98. The Labute approximate surface area is 127 Å². The van der Waals surface area contributed by atoms with Gasteiger partial charge in [0.1, 0.15) is 5.82 Å². The van der Waals surface area contributed by atoms with Crippen molar-refractivity contribution in [2.24, 2.45) is 7.05 Å². The molecular weight excluding hydrogens is 286 g/mol. The Morgan fingerprint density at radius 2 is 2.29 bits per heavy atom. The molecule has 0 amide bonds. The first kappa shape index (κ1) is 14.3. The Morgan fingerprint density at radius 1 is 1.48 bits per heavy atom. The molecule has 0 atom stereocenters. The Hall–Kier alpha value is -1.60. The van der Waals surface area contributed by atoms with E-state index in [2.05, 4.69) is 24.4 Å². The SMILES string of the molecule is CSc1nc2c(c(=O)[nH]1)CN(Cc1cnc(C)n1C)CC2. The van der Waals surface area contributed by atoms with E-state index in [1.807, 2.05) is 26.4 Å². The van der Waals surface area contributed by atoms with E-state index in [9.17, 15) is 4.79 Å². The highest BCUT2D eigenvalue weighted by Gasteiger charge is 2.22. The van der Waals surface area contributed by atoms with E-state index < -0.39 is 0 Å². The third-order valence-electron chi connectivity index (χ3n) is 4.02. The van der Waals surface area contributed by atoms with Crippen LogP contribution in [-0.4, -0.2) is 37.2 Å². The van der Waals surface area contributed by atoms with Crippen LogP contribution in [0.1, 0.15) is 22.8 Å². The second kappa shape index (κ2) is 5.65. The van der Waals surface area contributed by atoms with Crippen LogP contribution in [0.25, 0.3) is 0 Å². The molecule has 0 saturated heterocycles. The van der Waals surface area contributed by atoms with Crippen LogP contribution in [0.4, 0.5) is 0 Å². The summed E-state index contributed by atoms with van der Waals surface area (Å²) in [6.07, 6.45) is 4.65. The van der Waals surface area contributed by atoms with Gasteiger partial charge in [-0.1, -0.05) is 11.8 Å². The first-order valence-electron chi connectivity index (χ1n) is 6.94. The van der Waals surface area contributed by atoms with Crippen LogP contribution in [0.15, 0.2) is 16.1 Å². The summed E-state index contributed by atoms with van der Waals surface area (Å²) in [5.41, 5.74) is 2.91. The Kier molecular flexibility index (Phi) is 3.86. The zero-order chi connectivity index (χ0) is 15.0. The second-order valence-corrected chi connectivity index (χ2v) is 6.11. The minimum Gasteiger partial charge on any atom is -0.334 e. The van der Waals surface area contributed by atoms with Gasteiger partial charge in [0, 0.05) is 39.3 Å². The maximum Gasteiger partial charge on any atom is 0.256 e. The molecule has 112 valence electrons. The van der Waals surface area contributed by atoms with Gasteiger partial charge in [-0.05, 0) is 13.2 Å². The number of nitrogens with zero attached hydrogens (tertiary/aromatic N) is 4. The van der Waals surface area contributed by atoms with Crippen molar-refractivity contribution in [1.29, 1.82) is 0 Å². The number of H-pyrrole nitrogens is 1. The van der Waals surface area contributed by atoms with Gasteiger partial charge in [-0.2, -0.15) is 0 Å². The quantitative estimate of drug-likeness (QED) is 0.679. The predicted octanol–water partition coefficient (Wildman–Crippen LogP) is 1.09. The van der Waals surface area contributed by atoms with Gasteiger partial charge in [-0.25, -0.2) is 9.97 Å². The monoisotopic (exact) mass is 305 g/mol. The number of hydrogen-bond acceptors (Lipinski definition) is 5. The van der Waals surface area contributed by atoms with Gasteiger partial charge in [0.15, 0.2) is 5.16 Å². The van der Waals surface area contributed by atoms with Crippen molar-refractivity contribution < 1.29 is 0 Å². The molecule has 0 fully saturated rings. The summed E-state index contributed by atoms with van der Waals surface area (Å²) < 4.78 is 2.09. The predicted molar refractivity (Wildman–Crippen MR) is 82.4 cm³/mol. The molecule has 2 aromatic heterocycles. The Balaban J connectivity index is 1.81. The average molecular weight is 305 g/mol. The zero-order valence-electron chi connectivity index (χ0n) is 12.5. The minimum absolute atomic E-state index is 0.00441. The molecule has 0 unspecified atom stereocenters. The van der Waals surface area contributed by atoms with Gasteiger partial charge in [0.2, 0.25) is 0 Å². The molecular formula is C14H19N5OS. The summed E-state index contributed by atoms with van der Waals surface area (Å²) >= 11 is 1.47. The lowest BCUT2D eigenvalue weighted by atomic mass is 10.1.